The molecule has 0 bridgehead atoms. The Hall–Kier alpha value is -3.39. The zero-order valence-corrected chi connectivity index (χ0v) is 18.1. The molecule has 0 aliphatic heterocycles. The summed E-state index contributed by atoms with van der Waals surface area (Å²) in [5, 5.41) is 6.33. The van der Waals surface area contributed by atoms with Gasteiger partial charge >= 0.3 is 0 Å². The number of methoxy groups -OCH3 is 2. The number of para-hydroxylation sites is 1. The zero-order chi connectivity index (χ0) is 21.8. The van der Waals surface area contributed by atoms with Crippen molar-refractivity contribution >= 4 is 28.3 Å². The summed E-state index contributed by atoms with van der Waals surface area (Å²) < 4.78 is 10.5. The number of thiazole rings is 1. The third kappa shape index (κ3) is 4.54. The average Bonchev–Trinajstić information content (AvgIpc) is 3.37. The van der Waals surface area contributed by atoms with E-state index >= 15 is 0 Å². The number of fused-ring (bicyclic) bond motifs is 1. The smallest absolute Gasteiger partial charge is 0.257 e. The minimum absolute atomic E-state index is 0.0667. The number of aryl methyl sites for hydroxylation is 1. The number of rotatable bonds is 7. The van der Waals surface area contributed by atoms with Gasteiger partial charge in [-0.05, 0) is 43.2 Å². The summed E-state index contributed by atoms with van der Waals surface area (Å²) >= 11 is 1.43. The van der Waals surface area contributed by atoms with Crippen molar-refractivity contribution in [3.63, 3.8) is 0 Å². The van der Waals surface area contributed by atoms with Crippen LogP contribution in [-0.2, 0) is 17.8 Å². The van der Waals surface area contributed by atoms with Gasteiger partial charge in [-0.1, -0.05) is 18.2 Å². The largest absolute Gasteiger partial charge is 0.497 e. The van der Waals surface area contributed by atoms with E-state index in [0.717, 1.165) is 34.7 Å². The van der Waals surface area contributed by atoms with Crippen LogP contribution in [0.15, 0.2) is 48.5 Å². The van der Waals surface area contributed by atoms with E-state index in [-0.39, 0.29) is 17.7 Å². The maximum Gasteiger partial charge on any atom is 0.257 e. The summed E-state index contributed by atoms with van der Waals surface area (Å²) in [6, 6.07) is 14.5. The van der Waals surface area contributed by atoms with E-state index in [1.807, 2.05) is 24.3 Å². The van der Waals surface area contributed by atoms with E-state index in [9.17, 15) is 9.59 Å². The first kappa shape index (κ1) is 20.9. The monoisotopic (exact) mass is 437 g/mol. The lowest BCUT2D eigenvalue weighted by molar-refractivity contribution is -0.122. The third-order valence-electron chi connectivity index (χ3n) is 5.25. The average molecular weight is 438 g/mol. The van der Waals surface area contributed by atoms with Crippen LogP contribution in [0, 0.1) is 0 Å². The molecule has 1 atom stereocenters. The summed E-state index contributed by atoms with van der Waals surface area (Å²) in [4.78, 5) is 30.9. The second-order valence-electron chi connectivity index (χ2n) is 7.13. The minimum atomic E-state index is -0.312. The first-order valence-electron chi connectivity index (χ1n) is 9.93. The maximum atomic E-state index is 12.8. The number of amides is 2. The minimum Gasteiger partial charge on any atom is -0.497 e. The third-order valence-corrected chi connectivity index (χ3v) is 6.30. The van der Waals surface area contributed by atoms with Crippen LogP contribution in [0.4, 0.5) is 5.13 Å². The van der Waals surface area contributed by atoms with Gasteiger partial charge < -0.3 is 14.8 Å². The van der Waals surface area contributed by atoms with Gasteiger partial charge in [0.25, 0.3) is 5.91 Å². The highest BCUT2D eigenvalue weighted by Gasteiger charge is 2.32. The fourth-order valence-corrected chi connectivity index (χ4v) is 4.64. The standard InChI is InChI=1S/C23H23N3O4S/c1-29-16-9-7-14(8-10-16)21(27)26-23-25-20-17(11-12-19(20)31-23)22(28)24-13-15-5-3-4-6-18(15)30-2/h3-10,17H,11-13H2,1-2H3,(H,24,28)(H,25,26,27). The molecule has 2 aromatic carbocycles. The molecule has 8 heteroatoms. The Morgan fingerprint density at radius 3 is 2.61 bits per heavy atom. The number of anilines is 1. The number of carbonyl (C=O) groups excluding carboxylic acids is 2. The van der Waals surface area contributed by atoms with E-state index in [0.29, 0.717) is 23.0 Å². The number of carbonyl (C=O) groups is 2. The van der Waals surface area contributed by atoms with Crippen LogP contribution in [0.1, 0.15) is 38.8 Å². The molecule has 0 saturated heterocycles. The molecular weight excluding hydrogens is 414 g/mol. The number of hydrogen-bond acceptors (Lipinski definition) is 6. The number of aromatic nitrogens is 1. The summed E-state index contributed by atoms with van der Waals surface area (Å²) in [7, 11) is 3.19. The fourth-order valence-electron chi connectivity index (χ4n) is 3.60. The van der Waals surface area contributed by atoms with Crippen molar-refractivity contribution in [3.8, 4) is 11.5 Å². The topological polar surface area (TPSA) is 89.5 Å². The first-order chi connectivity index (χ1) is 15.1. The van der Waals surface area contributed by atoms with Gasteiger partial charge in [-0.3, -0.25) is 14.9 Å². The lowest BCUT2D eigenvalue weighted by atomic mass is 10.1. The quantitative estimate of drug-likeness (QED) is 0.588. The molecule has 31 heavy (non-hydrogen) atoms. The van der Waals surface area contributed by atoms with Crippen LogP contribution in [0.3, 0.4) is 0 Å². The second kappa shape index (κ2) is 9.18. The molecule has 1 aromatic heterocycles. The van der Waals surface area contributed by atoms with Gasteiger partial charge in [0.15, 0.2) is 5.13 Å². The molecule has 0 saturated carbocycles. The van der Waals surface area contributed by atoms with Crippen LogP contribution in [0.2, 0.25) is 0 Å². The van der Waals surface area contributed by atoms with Crippen LogP contribution in [-0.4, -0.2) is 31.0 Å². The molecule has 4 rings (SSSR count). The molecule has 1 unspecified atom stereocenters. The summed E-state index contributed by atoms with van der Waals surface area (Å²) in [5.74, 6) is 0.807. The van der Waals surface area contributed by atoms with Gasteiger partial charge in [0.2, 0.25) is 5.91 Å². The van der Waals surface area contributed by atoms with Crippen molar-refractivity contribution in [2.24, 2.45) is 0 Å². The van der Waals surface area contributed by atoms with Gasteiger partial charge in [0.05, 0.1) is 25.8 Å². The number of hydrogen-bond donors (Lipinski definition) is 2. The molecule has 2 N–H and O–H groups in total. The maximum absolute atomic E-state index is 12.8. The van der Waals surface area contributed by atoms with Crippen molar-refractivity contribution < 1.29 is 19.1 Å². The van der Waals surface area contributed by atoms with E-state index in [1.54, 1.807) is 38.5 Å². The van der Waals surface area contributed by atoms with E-state index in [1.165, 1.54) is 11.3 Å². The van der Waals surface area contributed by atoms with Gasteiger partial charge in [0.1, 0.15) is 11.5 Å². The zero-order valence-electron chi connectivity index (χ0n) is 17.3. The second-order valence-corrected chi connectivity index (χ2v) is 8.21. The number of ether oxygens (including phenoxy) is 2. The van der Waals surface area contributed by atoms with Crippen molar-refractivity contribution in [2.45, 2.75) is 25.3 Å². The highest BCUT2D eigenvalue weighted by atomic mass is 32.1. The van der Waals surface area contributed by atoms with Crippen LogP contribution >= 0.6 is 11.3 Å². The van der Waals surface area contributed by atoms with Crippen molar-refractivity contribution in [1.82, 2.24) is 10.3 Å². The highest BCUT2D eigenvalue weighted by Crippen LogP contribution is 2.38. The predicted octanol–water partition coefficient (Wildman–Crippen LogP) is 3.76. The van der Waals surface area contributed by atoms with Crippen molar-refractivity contribution in [2.75, 3.05) is 19.5 Å². The Morgan fingerprint density at radius 1 is 1.10 bits per heavy atom. The first-order valence-corrected chi connectivity index (χ1v) is 10.7. The molecule has 0 radical (unpaired) electrons. The van der Waals surface area contributed by atoms with E-state index < -0.39 is 0 Å². The summed E-state index contributed by atoms with van der Waals surface area (Å²) in [5.41, 5.74) is 2.19. The SMILES string of the molecule is COc1ccc(C(=O)Nc2nc3c(s2)CCC3C(=O)NCc2ccccc2OC)cc1. The van der Waals surface area contributed by atoms with Gasteiger partial charge in [-0.2, -0.15) is 0 Å². The molecule has 1 heterocycles. The normalized spacial score (nSPS) is 14.6. The molecule has 0 fully saturated rings. The van der Waals surface area contributed by atoms with Crippen LogP contribution in [0.5, 0.6) is 11.5 Å². The van der Waals surface area contributed by atoms with Crippen molar-refractivity contribution in [3.05, 3.63) is 70.2 Å². The molecule has 3 aromatic rings. The Morgan fingerprint density at radius 2 is 1.87 bits per heavy atom. The molecule has 1 aliphatic rings. The molecule has 160 valence electrons. The highest BCUT2D eigenvalue weighted by molar-refractivity contribution is 7.16. The van der Waals surface area contributed by atoms with E-state index in [4.69, 9.17) is 9.47 Å². The van der Waals surface area contributed by atoms with Crippen molar-refractivity contribution in [1.29, 1.82) is 0 Å². The Labute approximate surface area is 184 Å². The number of benzene rings is 2. The predicted molar refractivity (Wildman–Crippen MR) is 119 cm³/mol. The molecule has 0 spiro atoms. The van der Waals surface area contributed by atoms with Crippen LogP contribution < -0.4 is 20.1 Å². The molecule has 7 nitrogen and oxygen atoms in total. The molecular formula is C23H23N3O4S. The Bertz CT molecular complexity index is 1090. The Kier molecular flexibility index (Phi) is 6.18. The molecule has 1 aliphatic carbocycles. The van der Waals surface area contributed by atoms with E-state index in [2.05, 4.69) is 15.6 Å². The lowest BCUT2D eigenvalue weighted by Crippen LogP contribution is -2.28. The summed E-state index contributed by atoms with van der Waals surface area (Å²) in [6.45, 7) is 0.389. The van der Waals surface area contributed by atoms with Gasteiger partial charge in [0, 0.05) is 22.5 Å². The summed E-state index contributed by atoms with van der Waals surface area (Å²) in [6.07, 6.45) is 1.50. The Balaban J connectivity index is 1.40. The molecule has 2 amide bonds. The van der Waals surface area contributed by atoms with Crippen LogP contribution in [0.25, 0.3) is 0 Å². The number of nitrogens with zero attached hydrogens (tertiary/aromatic N) is 1. The van der Waals surface area contributed by atoms with Gasteiger partial charge in [-0.25, -0.2) is 4.98 Å². The van der Waals surface area contributed by atoms with Gasteiger partial charge in [-0.15, -0.1) is 11.3 Å². The fraction of sp³-hybridized carbons (Fsp3) is 0.261. The lowest BCUT2D eigenvalue weighted by Gasteiger charge is -2.12. The number of nitrogens with one attached hydrogen (secondary N) is 2.